The lowest BCUT2D eigenvalue weighted by Crippen LogP contribution is -1.82. The highest BCUT2D eigenvalue weighted by atomic mass is 35.5. The Bertz CT molecular complexity index is 797. The van der Waals surface area contributed by atoms with Crippen molar-refractivity contribution < 1.29 is 13.2 Å². The van der Waals surface area contributed by atoms with E-state index in [0.717, 1.165) is 0 Å². The van der Waals surface area contributed by atoms with Crippen molar-refractivity contribution in [1.82, 2.24) is 4.98 Å². The van der Waals surface area contributed by atoms with Gasteiger partial charge in [-0.15, -0.1) is 0 Å². The number of aromatic nitrogens is 1. The average Bonchev–Trinajstić information content (AvgIpc) is 2.85. The molecular weight excluding hydrogens is 296 g/mol. The van der Waals surface area contributed by atoms with E-state index < -0.39 is 5.82 Å². The summed E-state index contributed by atoms with van der Waals surface area (Å²) >= 11 is 5.67. The average molecular weight is 306 g/mol. The Balaban J connectivity index is 2.05. The van der Waals surface area contributed by atoms with Gasteiger partial charge in [-0.2, -0.15) is 0 Å². The largest absolute Gasteiger partial charge is 0.436 e. The summed E-state index contributed by atoms with van der Waals surface area (Å²) in [6.07, 6.45) is 0. The highest BCUT2D eigenvalue weighted by Gasteiger charge is 2.14. The van der Waals surface area contributed by atoms with E-state index in [2.05, 4.69) is 4.98 Å². The monoisotopic (exact) mass is 305 g/mol. The van der Waals surface area contributed by atoms with E-state index in [1.54, 1.807) is 25.1 Å². The first-order valence-corrected chi connectivity index (χ1v) is 6.61. The lowest BCUT2D eigenvalue weighted by Gasteiger charge is -2.00. The van der Waals surface area contributed by atoms with Gasteiger partial charge in [0.1, 0.15) is 11.6 Å². The third kappa shape index (κ3) is 2.67. The van der Waals surface area contributed by atoms with Crippen LogP contribution in [0.25, 0.3) is 22.8 Å². The number of benzene rings is 2. The number of halogens is 3. The zero-order valence-corrected chi connectivity index (χ0v) is 11.8. The van der Waals surface area contributed by atoms with Crippen LogP contribution in [0.5, 0.6) is 0 Å². The fourth-order valence-corrected chi connectivity index (χ4v) is 2.14. The summed E-state index contributed by atoms with van der Waals surface area (Å²) < 4.78 is 32.1. The van der Waals surface area contributed by atoms with E-state index in [1.165, 1.54) is 24.3 Å². The number of aryl methyl sites for hydroxylation is 1. The second kappa shape index (κ2) is 5.30. The van der Waals surface area contributed by atoms with Crippen LogP contribution in [0.4, 0.5) is 8.78 Å². The summed E-state index contributed by atoms with van der Waals surface area (Å²) in [6, 6.07) is 10.2. The second-order valence-electron chi connectivity index (χ2n) is 4.57. The van der Waals surface area contributed by atoms with Crippen LogP contribution in [-0.2, 0) is 0 Å². The van der Waals surface area contributed by atoms with Crippen LogP contribution in [0, 0.1) is 18.6 Å². The Hall–Kier alpha value is -2.20. The quantitative estimate of drug-likeness (QED) is 0.646. The second-order valence-corrected chi connectivity index (χ2v) is 4.98. The number of hydrogen-bond donors (Lipinski definition) is 0. The minimum Gasteiger partial charge on any atom is -0.436 e. The molecule has 1 heterocycles. The van der Waals surface area contributed by atoms with Crippen LogP contribution in [-0.4, -0.2) is 4.98 Å². The molecule has 0 atom stereocenters. The lowest BCUT2D eigenvalue weighted by molar-refractivity contribution is 0.584. The normalized spacial score (nSPS) is 10.9. The molecular formula is C16H10ClF2NO. The van der Waals surface area contributed by atoms with Gasteiger partial charge < -0.3 is 4.42 Å². The van der Waals surface area contributed by atoms with Gasteiger partial charge in [0, 0.05) is 11.1 Å². The molecule has 0 N–H and O–H groups in total. The van der Waals surface area contributed by atoms with Crippen LogP contribution in [0.3, 0.4) is 0 Å². The minimum atomic E-state index is -0.520. The molecule has 21 heavy (non-hydrogen) atoms. The molecule has 1 aromatic heterocycles. The molecule has 0 fully saturated rings. The molecule has 5 heteroatoms. The van der Waals surface area contributed by atoms with E-state index in [1.807, 2.05) is 0 Å². The van der Waals surface area contributed by atoms with Gasteiger partial charge in [0.15, 0.2) is 5.76 Å². The lowest BCUT2D eigenvalue weighted by atomic mass is 10.1. The van der Waals surface area contributed by atoms with Crippen molar-refractivity contribution >= 4 is 11.6 Å². The highest BCUT2D eigenvalue weighted by Crippen LogP contribution is 2.31. The summed E-state index contributed by atoms with van der Waals surface area (Å²) in [6.45, 7) is 1.76. The minimum absolute atomic E-state index is 0.0506. The summed E-state index contributed by atoms with van der Waals surface area (Å²) in [5, 5.41) is 0.0506. The van der Waals surface area contributed by atoms with Crippen molar-refractivity contribution in [3.63, 3.8) is 0 Å². The smallest absolute Gasteiger partial charge is 0.226 e. The predicted molar refractivity (Wildman–Crippen MR) is 77.0 cm³/mol. The molecule has 0 spiro atoms. The Kier molecular flexibility index (Phi) is 3.47. The summed E-state index contributed by atoms with van der Waals surface area (Å²) in [4.78, 5) is 4.29. The van der Waals surface area contributed by atoms with E-state index in [-0.39, 0.29) is 10.8 Å². The zero-order chi connectivity index (χ0) is 15.0. The van der Waals surface area contributed by atoms with E-state index in [9.17, 15) is 8.78 Å². The standard InChI is InChI=1S/C16H10ClF2NO/c1-9-15(11-4-7-13(17)14(19)8-11)21-16(20-9)10-2-5-12(18)6-3-10/h2-8H,1H3. The van der Waals surface area contributed by atoms with Crippen LogP contribution >= 0.6 is 11.6 Å². The first-order valence-electron chi connectivity index (χ1n) is 6.23. The maximum Gasteiger partial charge on any atom is 0.226 e. The third-order valence-corrected chi connectivity index (χ3v) is 3.38. The third-order valence-electron chi connectivity index (χ3n) is 3.07. The first kappa shape index (κ1) is 13.8. The van der Waals surface area contributed by atoms with Gasteiger partial charge in [-0.3, -0.25) is 0 Å². The summed E-state index contributed by atoms with van der Waals surface area (Å²) in [7, 11) is 0. The number of rotatable bonds is 2. The molecule has 0 bridgehead atoms. The van der Waals surface area contributed by atoms with E-state index >= 15 is 0 Å². The fourth-order valence-electron chi connectivity index (χ4n) is 2.02. The molecule has 0 aliphatic carbocycles. The van der Waals surface area contributed by atoms with Crippen molar-refractivity contribution in [2.24, 2.45) is 0 Å². The molecule has 0 unspecified atom stereocenters. The van der Waals surface area contributed by atoms with Crippen molar-refractivity contribution in [3.8, 4) is 22.8 Å². The molecule has 0 amide bonds. The molecule has 106 valence electrons. The number of hydrogen-bond acceptors (Lipinski definition) is 2. The number of nitrogens with zero attached hydrogens (tertiary/aromatic N) is 1. The molecule has 0 saturated carbocycles. The van der Waals surface area contributed by atoms with Crippen molar-refractivity contribution in [2.45, 2.75) is 6.92 Å². The number of oxazole rings is 1. The van der Waals surface area contributed by atoms with Gasteiger partial charge in [-0.25, -0.2) is 13.8 Å². The van der Waals surface area contributed by atoms with Gasteiger partial charge >= 0.3 is 0 Å². The molecule has 0 aliphatic heterocycles. The van der Waals surface area contributed by atoms with Gasteiger partial charge in [0.25, 0.3) is 0 Å². The molecule has 2 nitrogen and oxygen atoms in total. The maximum atomic E-state index is 13.5. The van der Waals surface area contributed by atoms with Gasteiger partial charge in [0.05, 0.1) is 10.7 Å². The van der Waals surface area contributed by atoms with Crippen molar-refractivity contribution in [1.29, 1.82) is 0 Å². The fraction of sp³-hybridized carbons (Fsp3) is 0.0625. The van der Waals surface area contributed by atoms with Crippen LogP contribution in [0.1, 0.15) is 5.69 Å². The summed E-state index contributed by atoms with van der Waals surface area (Å²) in [5.41, 5.74) is 1.83. The Labute approximate surface area is 125 Å². The molecule has 0 radical (unpaired) electrons. The first-order chi connectivity index (χ1) is 10.0. The zero-order valence-electron chi connectivity index (χ0n) is 11.0. The Morgan fingerprint density at radius 3 is 2.33 bits per heavy atom. The highest BCUT2D eigenvalue weighted by molar-refractivity contribution is 6.30. The van der Waals surface area contributed by atoms with E-state index in [4.69, 9.17) is 16.0 Å². The SMILES string of the molecule is Cc1nc(-c2ccc(F)cc2)oc1-c1ccc(Cl)c(F)c1. The molecule has 0 aliphatic rings. The van der Waals surface area contributed by atoms with Gasteiger partial charge in [-0.1, -0.05) is 11.6 Å². The summed E-state index contributed by atoms with van der Waals surface area (Å²) in [5.74, 6) is -0.0296. The van der Waals surface area contributed by atoms with Crippen molar-refractivity contribution in [3.05, 3.63) is 64.8 Å². The maximum absolute atomic E-state index is 13.5. The topological polar surface area (TPSA) is 26.0 Å². The molecule has 2 aromatic carbocycles. The Morgan fingerprint density at radius 2 is 1.67 bits per heavy atom. The van der Waals surface area contributed by atoms with Crippen LogP contribution < -0.4 is 0 Å². The molecule has 0 saturated heterocycles. The van der Waals surface area contributed by atoms with Gasteiger partial charge in [-0.05, 0) is 49.4 Å². The van der Waals surface area contributed by atoms with Crippen LogP contribution in [0.2, 0.25) is 5.02 Å². The molecule has 3 rings (SSSR count). The van der Waals surface area contributed by atoms with E-state index in [0.29, 0.717) is 28.5 Å². The predicted octanol–water partition coefficient (Wildman–Crippen LogP) is 5.25. The molecule has 3 aromatic rings. The Morgan fingerprint density at radius 1 is 1.00 bits per heavy atom. The van der Waals surface area contributed by atoms with Gasteiger partial charge in [0.2, 0.25) is 5.89 Å². The van der Waals surface area contributed by atoms with Crippen LogP contribution in [0.15, 0.2) is 46.9 Å². The van der Waals surface area contributed by atoms with Crippen molar-refractivity contribution in [2.75, 3.05) is 0 Å².